The lowest BCUT2D eigenvalue weighted by molar-refractivity contribution is -0.231. The number of hydrogen-bond acceptors (Lipinski definition) is 6. The lowest BCUT2D eigenvalue weighted by atomic mass is 9.48. The molecule has 0 aliphatic heterocycles. The van der Waals surface area contributed by atoms with Crippen LogP contribution in [0.1, 0.15) is 66.9 Å². The van der Waals surface area contributed by atoms with Crippen LogP contribution < -0.4 is 9.47 Å². The highest BCUT2D eigenvalue weighted by molar-refractivity contribution is 5.91. The second kappa shape index (κ2) is 9.68. The highest BCUT2D eigenvalue weighted by Gasteiger charge is 2.52. The van der Waals surface area contributed by atoms with Crippen molar-refractivity contribution in [2.24, 2.45) is 17.8 Å². The molecule has 4 aliphatic rings. The third kappa shape index (κ3) is 4.59. The Kier molecular flexibility index (Phi) is 6.65. The van der Waals surface area contributed by atoms with Crippen molar-refractivity contribution in [2.45, 2.75) is 63.9 Å². The third-order valence-corrected chi connectivity index (χ3v) is 7.86. The van der Waals surface area contributed by atoms with E-state index in [9.17, 15) is 9.90 Å². The van der Waals surface area contributed by atoms with E-state index < -0.39 is 12.4 Å². The monoisotopic (exact) mass is 466 g/mol. The van der Waals surface area contributed by atoms with Gasteiger partial charge in [-0.2, -0.15) is 0 Å². The average Bonchev–Trinajstić information content (AvgIpc) is 2.83. The standard InChI is InChI=1S/C28H34O6/c1-3-32-27(31-2)34-25-9-6-22(26(30)33-23-7-4-18(17-29)5-8-23)13-24(25)28-14-19-10-20(15-28)12-21(11-19)16-28/h4-9,13,19-21,27,29H,3,10-12,14-17H2,1-2H3. The van der Waals surface area contributed by atoms with Gasteiger partial charge < -0.3 is 24.1 Å². The number of carbonyl (C=O) groups excluding carboxylic acids is 1. The zero-order valence-electron chi connectivity index (χ0n) is 20.0. The molecule has 0 saturated heterocycles. The normalized spacial score (nSPS) is 28.0. The van der Waals surface area contributed by atoms with Gasteiger partial charge in [0.25, 0.3) is 0 Å². The van der Waals surface area contributed by atoms with Crippen LogP contribution >= 0.6 is 0 Å². The lowest BCUT2D eigenvalue weighted by Crippen LogP contribution is -2.48. The van der Waals surface area contributed by atoms with Gasteiger partial charge in [0.2, 0.25) is 0 Å². The summed E-state index contributed by atoms with van der Waals surface area (Å²) in [5, 5.41) is 9.24. The van der Waals surface area contributed by atoms with Crippen LogP contribution in [0.4, 0.5) is 0 Å². The van der Waals surface area contributed by atoms with Gasteiger partial charge >= 0.3 is 12.4 Å². The lowest BCUT2D eigenvalue weighted by Gasteiger charge is -2.57. The summed E-state index contributed by atoms with van der Waals surface area (Å²) in [4.78, 5) is 13.1. The molecule has 1 unspecified atom stereocenters. The average molecular weight is 467 g/mol. The molecule has 2 aromatic carbocycles. The minimum absolute atomic E-state index is 0.0215. The predicted octanol–water partition coefficient (Wildman–Crippen LogP) is 5.21. The summed E-state index contributed by atoms with van der Waals surface area (Å²) in [6, 6.07) is 12.5. The molecule has 0 spiro atoms. The molecule has 0 radical (unpaired) electrons. The van der Waals surface area contributed by atoms with Crippen LogP contribution in [-0.4, -0.2) is 31.3 Å². The predicted molar refractivity (Wildman–Crippen MR) is 127 cm³/mol. The highest BCUT2D eigenvalue weighted by atomic mass is 16.8. The van der Waals surface area contributed by atoms with Crippen LogP contribution in [0.15, 0.2) is 42.5 Å². The van der Waals surface area contributed by atoms with Gasteiger partial charge in [-0.25, -0.2) is 4.79 Å². The SMILES string of the molecule is CCOC(OC)Oc1ccc(C(=O)Oc2ccc(CO)cc2)cc1C12CC3CC(CC(C3)C1)C2. The Morgan fingerprint density at radius 2 is 1.68 bits per heavy atom. The number of esters is 1. The molecule has 34 heavy (non-hydrogen) atoms. The van der Waals surface area contributed by atoms with Crippen molar-refractivity contribution in [2.75, 3.05) is 13.7 Å². The van der Waals surface area contributed by atoms with Crippen LogP contribution in [0.5, 0.6) is 11.5 Å². The minimum Gasteiger partial charge on any atom is -0.441 e. The summed E-state index contributed by atoms with van der Waals surface area (Å²) < 4.78 is 22.8. The number of aliphatic hydroxyl groups is 1. The largest absolute Gasteiger partial charge is 0.441 e. The Hall–Kier alpha value is -2.41. The molecule has 0 heterocycles. The number of carbonyl (C=O) groups is 1. The first-order valence-electron chi connectivity index (χ1n) is 12.4. The van der Waals surface area contributed by atoms with Gasteiger partial charge in [0.1, 0.15) is 11.5 Å². The Balaban J connectivity index is 1.46. The van der Waals surface area contributed by atoms with Gasteiger partial charge in [0, 0.05) is 12.7 Å². The van der Waals surface area contributed by atoms with Crippen molar-refractivity contribution in [3.05, 3.63) is 59.2 Å². The molecule has 4 saturated carbocycles. The zero-order chi connectivity index (χ0) is 23.7. The number of aliphatic hydroxyl groups excluding tert-OH is 1. The molecule has 1 N–H and O–H groups in total. The maximum Gasteiger partial charge on any atom is 0.343 e. The van der Waals surface area contributed by atoms with Gasteiger partial charge in [-0.15, -0.1) is 0 Å². The Labute approximate surface area is 201 Å². The van der Waals surface area contributed by atoms with Crippen LogP contribution in [0.3, 0.4) is 0 Å². The van der Waals surface area contributed by atoms with Crippen molar-refractivity contribution in [1.29, 1.82) is 0 Å². The van der Waals surface area contributed by atoms with Gasteiger partial charge in [-0.1, -0.05) is 12.1 Å². The Bertz CT molecular complexity index is 979. The van der Waals surface area contributed by atoms with E-state index in [0.29, 0.717) is 17.9 Å². The van der Waals surface area contributed by atoms with E-state index in [-0.39, 0.29) is 12.0 Å². The Morgan fingerprint density at radius 3 is 2.24 bits per heavy atom. The van der Waals surface area contributed by atoms with E-state index in [1.54, 1.807) is 37.4 Å². The summed E-state index contributed by atoms with van der Waals surface area (Å²) in [5.74, 6) is 3.04. The smallest absolute Gasteiger partial charge is 0.343 e. The van der Waals surface area contributed by atoms with Gasteiger partial charge in [0.05, 0.1) is 18.8 Å². The maximum atomic E-state index is 13.1. The van der Waals surface area contributed by atoms with E-state index in [4.69, 9.17) is 18.9 Å². The molecule has 2 aromatic rings. The molecule has 6 nitrogen and oxygen atoms in total. The second-order valence-electron chi connectivity index (χ2n) is 10.2. The molecular formula is C28H34O6. The van der Waals surface area contributed by atoms with Gasteiger partial charge in [-0.3, -0.25) is 0 Å². The summed E-state index contributed by atoms with van der Waals surface area (Å²) >= 11 is 0. The van der Waals surface area contributed by atoms with Crippen LogP contribution in [0.25, 0.3) is 0 Å². The highest BCUT2D eigenvalue weighted by Crippen LogP contribution is 2.62. The van der Waals surface area contributed by atoms with E-state index in [2.05, 4.69) is 0 Å². The van der Waals surface area contributed by atoms with Crippen molar-refractivity contribution < 1.29 is 28.8 Å². The second-order valence-corrected chi connectivity index (χ2v) is 10.2. The molecule has 6 heteroatoms. The summed E-state index contributed by atoms with van der Waals surface area (Å²) in [5.41, 5.74) is 2.38. The van der Waals surface area contributed by atoms with E-state index in [1.165, 1.54) is 19.3 Å². The molecular weight excluding hydrogens is 432 g/mol. The quantitative estimate of drug-likeness (QED) is 0.311. The van der Waals surface area contributed by atoms with Gasteiger partial charge in [-0.05, 0) is 105 Å². The van der Waals surface area contributed by atoms with E-state index in [1.807, 2.05) is 19.1 Å². The molecule has 1 atom stereocenters. The fourth-order valence-corrected chi connectivity index (χ4v) is 6.83. The molecule has 4 fully saturated rings. The van der Waals surface area contributed by atoms with Crippen molar-refractivity contribution in [3.63, 3.8) is 0 Å². The van der Waals surface area contributed by atoms with Crippen molar-refractivity contribution in [1.82, 2.24) is 0 Å². The van der Waals surface area contributed by atoms with Gasteiger partial charge in [0.15, 0.2) is 0 Å². The summed E-state index contributed by atoms with van der Waals surface area (Å²) in [6.45, 7) is 1.54. The fraction of sp³-hybridized carbons (Fsp3) is 0.536. The molecule has 182 valence electrons. The third-order valence-electron chi connectivity index (χ3n) is 7.86. The molecule has 0 amide bonds. The topological polar surface area (TPSA) is 74.2 Å². The molecule has 4 aliphatic carbocycles. The zero-order valence-corrected chi connectivity index (χ0v) is 20.0. The first-order valence-corrected chi connectivity index (χ1v) is 12.4. The fourth-order valence-electron chi connectivity index (χ4n) is 6.83. The summed E-state index contributed by atoms with van der Waals surface area (Å²) in [7, 11) is 1.57. The number of hydrogen-bond donors (Lipinski definition) is 1. The van der Waals surface area contributed by atoms with E-state index >= 15 is 0 Å². The Morgan fingerprint density at radius 1 is 1.03 bits per heavy atom. The number of methoxy groups -OCH3 is 1. The van der Waals surface area contributed by atoms with E-state index in [0.717, 1.165) is 53.9 Å². The first-order chi connectivity index (χ1) is 16.5. The van der Waals surface area contributed by atoms with Crippen molar-refractivity contribution >= 4 is 5.97 Å². The minimum atomic E-state index is -0.791. The maximum absolute atomic E-state index is 13.1. The molecule has 0 aromatic heterocycles. The number of ether oxygens (including phenoxy) is 4. The summed E-state index contributed by atoms with van der Waals surface area (Å²) in [6.07, 6.45) is 7.43. The van der Waals surface area contributed by atoms with Crippen molar-refractivity contribution in [3.8, 4) is 11.5 Å². The van der Waals surface area contributed by atoms with Crippen LogP contribution in [0, 0.1) is 17.8 Å². The number of benzene rings is 2. The first kappa shape index (κ1) is 23.3. The van der Waals surface area contributed by atoms with Crippen LogP contribution in [-0.2, 0) is 21.5 Å². The number of rotatable bonds is 9. The van der Waals surface area contributed by atoms with Crippen LogP contribution in [0.2, 0.25) is 0 Å². The molecule has 6 rings (SSSR count). The molecule has 4 bridgehead atoms.